The van der Waals surface area contributed by atoms with Crippen molar-refractivity contribution in [1.29, 1.82) is 0 Å². The highest BCUT2D eigenvalue weighted by Crippen LogP contribution is 2.43. The summed E-state index contributed by atoms with van der Waals surface area (Å²) in [6, 6.07) is 13.3. The van der Waals surface area contributed by atoms with Gasteiger partial charge >= 0.3 is 0 Å². The zero-order valence-corrected chi connectivity index (χ0v) is 18.0. The number of rotatable bonds is 4. The van der Waals surface area contributed by atoms with Crippen LogP contribution in [0.25, 0.3) is 0 Å². The van der Waals surface area contributed by atoms with Gasteiger partial charge in [0.2, 0.25) is 5.91 Å². The number of pyridine rings is 1. The Kier molecular flexibility index (Phi) is 5.13. The number of aryl methyl sites for hydroxylation is 1. The van der Waals surface area contributed by atoms with Crippen LogP contribution in [0.2, 0.25) is 0 Å². The molecule has 4 atom stereocenters. The summed E-state index contributed by atoms with van der Waals surface area (Å²) in [6.45, 7) is 4.10. The molecule has 0 N–H and O–H groups in total. The first kappa shape index (κ1) is 19.4. The predicted molar refractivity (Wildman–Crippen MR) is 118 cm³/mol. The molecule has 0 radical (unpaired) electrons. The monoisotopic (exact) mass is 405 g/mol. The van der Waals surface area contributed by atoms with Crippen molar-refractivity contribution in [3.63, 3.8) is 0 Å². The molecule has 3 aliphatic rings. The lowest BCUT2D eigenvalue weighted by molar-refractivity contribution is -0.148. The lowest BCUT2D eigenvalue weighted by atomic mass is 9.70. The summed E-state index contributed by atoms with van der Waals surface area (Å²) in [5.74, 6) is 2.30. The minimum atomic E-state index is 0.261. The zero-order valence-electron chi connectivity index (χ0n) is 18.0. The van der Waals surface area contributed by atoms with Crippen LogP contribution in [0.4, 0.5) is 5.69 Å². The van der Waals surface area contributed by atoms with Crippen LogP contribution in [0.15, 0.2) is 42.6 Å². The first-order chi connectivity index (χ1) is 14.6. The van der Waals surface area contributed by atoms with Gasteiger partial charge in [-0.3, -0.25) is 9.78 Å². The number of nitrogens with zero attached hydrogens (tertiary/aromatic N) is 3. The fraction of sp³-hybridized carbons (Fsp3) is 0.520. The van der Waals surface area contributed by atoms with Crippen LogP contribution < -0.4 is 9.64 Å². The van der Waals surface area contributed by atoms with Crippen molar-refractivity contribution in [2.75, 3.05) is 25.1 Å². The van der Waals surface area contributed by atoms with Crippen molar-refractivity contribution in [3.8, 4) is 5.75 Å². The van der Waals surface area contributed by atoms with Crippen molar-refractivity contribution in [3.05, 3.63) is 53.9 Å². The fourth-order valence-corrected chi connectivity index (χ4v) is 6.02. The van der Waals surface area contributed by atoms with Gasteiger partial charge in [0.15, 0.2) is 0 Å². The second-order valence-electron chi connectivity index (χ2n) is 9.20. The van der Waals surface area contributed by atoms with Crippen molar-refractivity contribution in [2.24, 2.45) is 11.8 Å². The Morgan fingerprint density at radius 1 is 1.17 bits per heavy atom. The van der Waals surface area contributed by atoms with Crippen LogP contribution in [-0.4, -0.2) is 48.1 Å². The molecule has 30 heavy (non-hydrogen) atoms. The van der Waals surface area contributed by atoms with E-state index in [1.165, 1.54) is 17.7 Å². The fourth-order valence-electron chi connectivity index (χ4n) is 6.02. The lowest BCUT2D eigenvalue weighted by Crippen LogP contribution is -2.65. The molecule has 0 aliphatic carbocycles. The Hall–Kier alpha value is -2.56. The Labute approximate surface area is 179 Å². The van der Waals surface area contributed by atoms with Gasteiger partial charge in [0.05, 0.1) is 7.11 Å². The molecular weight excluding hydrogens is 374 g/mol. The van der Waals surface area contributed by atoms with Crippen LogP contribution in [0.3, 0.4) is 0 Å². The molecule has 5 rings (SSSR count). The molecule has 5 heteroatoms. The number of carbonyl (C=O) groups excluding carboxylic acids is 1. The summed E-state index contributed by atoms with van der Waals surface area (Å²) in [6.07, 6.45) is 6.92. The van der Waals surface area contributed by atoms with Gasteiger partial charge in [0, 0.05) is 49.2 Å². The average molecular weight is 406 g/mol. The third kappa shape index (κ3) is 3.55. The molecule has 3 aliphatic heterocycles. The number of anilines is 1. The van der Waals surface area contributed by atoms with E-state index in [4.69, 9.17) is 4.74 Å². The highest BCUT2D eigenvalue weighted by molar-refractivity contribution is 5.78. The summed E-state index contributed by atoms with van der Waals surface area (Å²) < 4.78 is 5.44. The van der Waals surface area contributed by atoms with Crippen molar-refractivity contribution < 1.29 is 9.53 Å². The second-order valence-corrected chi connectivity index (χ2v) is 9.20. The number of methoxy groups -OCH3 is 1. The van der Waals surface area contributed by atoms with E-state index in [0.717, 1.165) is 43.8 Å². The quantitative estimate of drug-likeness (QED) is 0.775. The van der Waals surface area contributed by atoms with Crippen LogP contribution in [-0.2, 0) is 11.2 Å². The topological polar surface area (TPSA) is 45.7 Å². The van der Waals surface area contributed by atoms with E-state index in [9.17, 15) is 4.79 Å². The molecule has 0 spiro atoms. The third-order valence-corrected chi connectivity index (χ3v) is 7.32. The molecule has 3 fully saturated rings. The van der Waals surface area contributed by atoms with E-state index in [1.54, 1.807) is 7.11 Å². The van der Waals surface area contributed by atoms with E-state index in [2.05, 4.69) is 52.0 Å². The Bertz CT molecular complexity index is 930. The minimum Gasteiger partial charge on any atom is -0.497 e. The molecule has 1 aromatic carbocycles. The highest BCUT2D eigenvalue weighted by Gasteiger charge is 2.49. The van der Waals surface area contributed by atoms with E-state index in [1.807, 2.05) is 12.3 Å². The Morgan fingerprint density at radius 2 is 2.03 bits per heavy atom. The van der Waals surface area contributed by atoms with Crippen LogP contribution in [0.5, 0.6) is 5.75 Å². The molecule has 1 amide bonds. The smallest absolute Gasteiger partial charge is 0.223 e. The molecule has 3 saturated heterocycles. The third-order valence-electron chi connectivity index (χ3n) is 7.32. The maximum Gasteiger partial charge on any atom is 0.223 e. The largest absolute Gasteiger partial charge is 0.497 e. The van der Waals surface area contributed by atoms with Gasteiger partial charge in [-0.1, -0.05) is 12.1 Å². The molecule has 0 unspecified atom stereocenters. The van der Waals surface area contributed by atoms with E-state index in [-0.39, 0.29) is 6.04 Å². The molecular formula is C25H31N3O2. The number of benzene rings is 1. The molecule has 2 bridgehead atoms. The van der Waals surface area contributed by atoms with E-state index in [0.29, 0.717) is 30.2 Å². The maximum absolute atomic E-state index is 13.1. The molecule has 5 nitrogen and oxygen atoms in total. The maximum atomic E-state index is 13.1. The number of hydrogen-bond donors (Lipinski definition) is 0. The molecule has 0 saturated carbocycles. The summed E-state index contributed by atoms with van der Waals surface area (Å²) in [5.41, 5.74) is 3.59. The Balaban J connectivity index is 1.46. The van der Waals surface area contributed by atoms with Gasteiger partial charge in [-0.15, -0.1) is 0 Å². The number of aromatic nitrogens is 1. The molecule has 158 valence electrons. The number of fused-ring (bicyclic) bond motifs is 4. The minimum absolute atomic E-state index is 0.261. The number of amides is 1. The van der Waals surface area contributed by atoms with Crippen LogP contribution in [0.1, 0.15) is 36.9 Å². The standard InChI is InChI=1S/C25H31N3O2/c1-17-11-21(9-10-26-17)27-15-19-14-20(16-27)24(28-23(19)7-4-8-25(28)29)13-18-5-3-6-22(12-18)30-2/h3,5-6,9-12,19-20,23-24H,4,7-8,13-16H2,1-2H3/t19-,20+,23+,24+/m1/s1. The number of piperidine rings is 3. The van der Waals surface area contributed by atoms with Gasteiger partial charge in [0.1, 0.15) is 5.75 Å². The number of ether oxygens (including phenoxy) is 1. The summed E-state index contributed by atoms with van der Waals surface area (Å²) >= 11 is 0. The van der Waals surface area contributed by atoms with E-state index < -0.39 is 0 Å². The molecule has 2 aromatic rings. The van der Waals surface area contributed by atoms with Gasteiger partial charge in [0.25, 0.3) is 0 Å². The summed E-state index contributed by atoms with van der Waals surface area (Å²) in [5, 5.41) is 0. The van der Waals surface area contributed by atoms with Crippen molar-refractivity contribution in [2.45, 2.75) is 51.1 Å². The highest BCUT2D eigenvalue weighted by atomic mass is 16.5. The van der Waals surface area contributed by atoms with Gasteiger partial charge in [-0.05, 0) is 74.3 Å². The van der Waals surface area contributed by atoms with Crippen molar-refractivity contribution >= 4 is 11.6 Å². The predicted octanol–water partition coefficient (Wildman–Crippen LogP) is 3.85. The number of carbonyl (C=O) groups is 1. The second kappa shape index (κ2) is 7.93. The summed E-state index contributed by atoms with van der Waals surface area (Å²) in [4.78, 5) is 22.3. The number of hydrogen-bond acceptors (Lipinski definition) is 4. The van der Waals surface area contributed by atoms with Gasteiger partial charge in [-0.2, -0.15) is 0 Å². The van der Waals surface area contributed by atoms with Gasteiger partial charge in [-0.25, -0.2) is 0 Å². The first-order valence-corrected chi connectivity index (χ1v) is 11.2. The van der Waals surface area contributed by atoms with Crippen LogP contribution in [0, 0.1) is 18.8 Å². The van der Waals surface area contributed by atoms with Crippen molar-refractivity contribution in [1.82, 2.24) is 9.88 Å². The normalized spacial score (nSPS) is 28.3. The van der Waals surface area contributed by atoms with E-state index >= 15 is 0 Å². The zero-order chi connectivity index (χ0) is 20.7. The molecule has 1 aromatic heterocycles. The molecule has 4 heterocycles. The Morgan fingerprint density at radius 3 is 2.87 bits per heavy atom. The lowest BCUT2D eigenvalue weighted by Gasteiger charge is -2.57. The summed E-state index contributed by atoms with van der Waals surface area (Å²) in [7, 11) is 1.71. The average Bonchev–Trinajstić information content (AvgIpc) is 2.77. The SMILES string of the molecule is COc1cccc(C[C@H]2[C@H]3C[C@H](CN(c4ccnc(C)c4)C3)[C@@H]3CCCC(=O)N32)c1. The van der Waals surface area contributed by atoms with Crippen LogP contribution >= 0.6 is 0 Å². The van der Waals surface area contributed by atoms with Gasteiger partial charge < -0.3 is 14.5 Å². The first-order valence-electron chi connectivity index (χ1n) is 11.2.